The lowest BCUT2D eigenvalue weighted by Crippen LogP contribution is -2.01. The van der Waals surface area contributed by atoms with Crippen molar-refractivity contribution in [3.8, 4) is 6.07 Å². The van der Waals surface area contributed by atoms with E-state index >= 15 is 0 Å². The number of hydrogen-bond acceptors (Lipinski definition) is 5. The standard InChI is InChI=1S/C19H12ClN5S/c20-14-6-8-17-16(10-14)22-19(25(17)12-13-4-2-1-3-5-13)26-18-9-7-15(11-21)23-24-18/h1-10H,12H2. The summed E-state index contributed by atoms with van der Waals surface area (Å²) < 4.78 is 2.13. The maximum Gasteiger partial charge on any atom is 0.175 e. The van der Waals surface area contributed by atoms with Gasteiger partial charge in [-0.1, -0.05) is 41.9 Å². The molecule has 0 bridgehead atoms. The van der Waals surface area contributed by atoms with Crippen molar-refractivity contribution in [2.75, 3.05) is 0 Å². The molecule has 4 aromatic rings. The monoisotopic (exact) mass is 377 g/mol. The molecule has 0 fully saturated rings. The second-order valence-electron chi connectivity index (χ2n) is 5.57. The quantitative estimate of drug-likeness (QED) is 0.521. The zero-order valence-corrected chi connectivity index (χ0v) is 15.1. The van der Waals surface area contributed by atoms with E-state index < -0.39 is 0 Å². The highest BCUT2D eigenvalue weighted by Crippen LogP contribution is 2.30. The fourth-order valence-electron chi connectivity index (χ4n) is 2.61. The van der Waals surface area contributed by atoms with Gasteiger partial charge in [0, 0.05) is 5.02 Å². The highest BCUT2D eigenvalue weighted by atomic mass is 35.5. The first-order chi connectivity index (χ1) is 12.7. The summed E-state index contributed by atoms with van der Waals surface area (Å²) in [4.78, 5) is 4.72. The van der Waals surface area contributed by atoms with E-state index in [0.717, 1.165) is 16.2 Å². The Morgan fingerprint density at radius 1 is 1.04 bits per heavy atom. The van der Waals surface area contributed by atoms with Gasteiger partial charge in [0.15, 0.2) is 10.9 Å². The summed E-state index contributed by atoms with van der Waals surface area (Å²) in [6.45, 7) is 0.686. The molecule has 7 heteroatoms. The fourth-order valence-corrected chi connectivity index (χ4v) is 3.59. The van der Waals surface area contributed by atoms with Crippen molar-refractivity contribution in [2.24, 2.45) is 0 Å². The molecule has 2 aromatic carbocycles. The summed E-state index contributed by atoms with van der Waals surface area (Å²) in [5, 5.41) is 19.0. The first-order valence-electron chi connectivity index (χ1n) is 7.84. The molecule has 0 unspecified atom stereocenters. The van der Waals surface area contributed by atoms with E-state index in [-0.39, 0.29) is 0 Å². The summed E-state index contributed by atoms with van der Waals surface area (Å²) in [6, 6.07) is 21.3. The molecular formula is C19H12ClN5S. The van der Waals surface area contributed by atoms with Crippen molar-refractivity contribution >= 4 is 34.4 Å². The van der Waals surface area contributed by atoms with Gasteiger partial charge in [-0.15, -0.1) is 10.2 Å². The van der Waals surface area contributed by atoms with Crippen molar-refractivity contribution in [3.63, 3.8) is 0 Å². The van der Waals surface area contributed by atoms with Crippen molar-refractivity contribution in [3.05, 3.63) is 76.9 Å². The molecule has 4 rings (SSSR count). The number of benzene rings is 2. The van der Waals surface area contributed by atoms with Gasteiger partial charge < -0.3 is 4.57 Å². The summed E-state index contributed by atoms with van der Waals surface area (Å²) in [6.07, 6.45) is 0. The lowest BCUT2D eigenvalue weighted by Gasteiger charge is -2.08. The molecule has 0 saturated heterocycles. The number of halogens is 1. The zero-order valence-electron chi connectivity index (χ0n) is 13.5. The van der Waals surface area contributed by atoms with E-state index in [1.54, 1.807) is 12.1 Å². The van der Waals surface area contributed by atoms with E-state index in [9.17, 15) is 0 Å². The van der Waals surface area contributed by atoms with Crippen LogP contribution in [0.3, 0.4) is 0 Å². The number of nitrogens with zero attached hydrogens (tertiary/aromatic N) is 5. The molecule has 0 aliphatic carbocycles. The van der Waals surface area contributed by atoms with Gasteiger partial charge in [0.1, 0.15) is 11.1 Å². The minimum absolute atomic E-state index is 0.291. The van der Waals surface area contributed by atoms with Crippen LogP contribution in [0.1, 0.15) is 11.3 Å². The van der Waals surface area contributed by atoms with Gasteiger partial charge >= 0.3 is 0 Å². The van der Waals surface area contributed by atoms with Gasteiger partial charge in [-0.3, -0.25) is 0 Å². The third-order valence-corrected chi connectivity index (χ3v) is 4.97. The highest BCUT2D eigenvalue weighted by molar-refractivity contribution is 7.99. The first kappa shape index (κ1) is 16.6. The van der Waals surface area contributed by atoms with Crippen LogP contribution in [0.25, 0.3) is 11.0 Å². The fraction of sp³-hybridized carbons (Fsp3) is 0.0526. The second-order valence-corrected chi connectivity index (χ2v) is 6.99. The number of imidazole rings is 1. The van der Waals surface area contributed by atoms with Crippen LogP contribution >= 0.6 is 23.4 Å². The van der Waals surface area contributed by atoms with E-state index in [0.29, 0.717) is 22.3 Å². The molecule has 2 aromatic heterocycles. The number of hydrogen-bond donors (Lipinski definition) is 0. The Kier molecular flexibility index (Phi) is 4.57. The van der Waals surface area contributed by atoms with Crippen molar-refractivity contribution < 1.29 is 0 Å². The van der Waals surface area contributed by atoms with Gasteiger partial charge in [0.05, 0.1) is 17.6 Å². The number of fused-ring (bicyclic) bond motifs is 1. The molecule has 126 valence electrons. The number of rotatable bonds is 4. The van der Waals surface area contributed by atoms with Crippen molar-refractivity contribution in [1.29, 1.82) is 5.26 Å². The minimum Gasteiger partial charge on any atom is -0.314 e. The average Bonchev–Trinajstić information content (AvgIpc) is 2.99. The van der Waals surface area contributed by atoms with E-state index in [1.807, 2.05) is 42.5 Å². The molecular weight excluding hydrogens is 366 g/mol. The molecule has 0 spiro atoms. The van der Waals surface area contributed by atoms with Crippen LogP contribution in [-0.2, 0) is 6.54 Å². The van der Waals surface area contributed by atoms with Gasteiger partial charge in [0.25, 0.3) is 0 Å². The predicted octanol–water partition coefficient (Wildman–Crippen LogP) is 4.55. The van der Waals surface area contributed by atoms with Gasteiger partial charge in [0.2, 0.25) is 0 Å². The predicted molar refractivity (Wildman–Crippen MR) is 101 cm³/mol. The first-order valence-corrected chi connectivity index (χ1v) is 9.04. The third kappa shape index (κ3) is 3.40. The molecule has 26 heavy (non-hydrogen) atoms. The van der Waals surface area contributed by atoms with Gasteiger partial charge in [-0.2, -0.15) is 5.26 Å². The average molecular weight is 378 g/mol. The van der Waals surface area contributed by atoms with Crippen LogP contribution < -0.4 is 0 Å². The molecule has 2 heterocycles. The normalized spacial score (nSPS) is 10.8. The SMILES string of the molecule is N#Cc1ccc(Sc2nc3cc(Cl)ccc3n2Cc2ccccc2)nn1. The summed E-state index contributed by atoms with van der Waals surface area (Å²) in [5.74, 6) is 0. The van der Waals surface area contributed by atoms with Crippen molar-refractivity contribution in [1.82, 2.24) is 19.7 Å². The molecule has 0 aliphatic heterocycles. The second kappa shape index (κ2) is 7.16. The molecule has 0 amide bonds. The van der Waals surface area contributed by atoms with E-state index in [2.05, 4.69) is 26.9 Å². The van der Waals surface area contributed by atoms with Crippen molar-refractivity contribution in [2.45, 2.75) is 16.7 Å². The van der Waals surface area contributed by atoms with Crippen LogP contribution in [0.4, 0.5) is 0 Å². The topological polar surface area (TPSA) is 67.4 Å². The Labute approximate surface area is 159 Å². The maximum absolute atomic E-state index is 8.86. The van der Waals surface area contributed by atoms with Gasteiger partial charge in [-0.05, 0) is 47.7 Å². The lowest BCUT2D eigenvalue weighted by molar-refractivity contribution is 0.729. The third-order valence-electron chi connectivity index (χ3n) is 3.81. The molecule has 0 radical (unpaired) electrons. The minimum atomic E-state index is 0.291. The van der Waals surface area contributed by atoms with Crippen LogP contribution in [0.2, 0.25) is 5.02 Å². The molecule has 5 nitrogen and oxygen atoms in total. The smallest absolute Gasteiger partial charge is 0.175 e. The molecule has 0 aliphatic rings. The lowest BCUT2D eigenvalue weighted by atomic mass is 10.2. The van der Waals surface area contributed by atoms with Crippen LogP contribution in [0.5, 0.6) is 0 Å². The summed E-state index contributed by atoms with van der Waals surface area (Å²) in [7, 11) is 0. The zero-order chi connectivity index (χ0) is 17.9. The Hall–Kier alpha value is -2.88. The maximum atomic E-state index is 8.86. The summed E-state index contributed by atoms with van der Waals surface area (Å²) >= 11 is 7.54. The van der Waals surface area contributed by atoms with Crippen LogP contribution in [-0.4, -0.2) is 19.7 Å². The summed E-state index contributed by atoms with van der Waals surface area (Å²) in [5.41, 5.74) is 3.30. The molecule has 0 saturated carbocycles. The molecule has 0 N–H and O–H groups in total. The Balaban J connectivity index is 1.76. The highest BCUT2D eigenvalue weighted by Gasteiger charge is 2.14. The van der Waals surface area contributed by atoms with Gasteiger partial charge in [-0.25, -0.2) is 4.98 Å². The van der Waals surface area contributed by atoms with Crippen LogP contribution in [0, 0.1) is 11.3 Å². The Bertz CT molecular complexity index is 1100. The number of nitriles is 1. The largest absolute Gasteiger partial charge is 0.314 e. The Morgan fingerprint density at radius 3 is 2.62 bits per heavy atom. The van der Waals surface area contributed by atoms with Crippen LogP contribution in [0.15, 0.2) is 70.8 Å². The van der Waals surface area contributed by atoms with E-state index in [4.69, 9.17) is 21.8 Å². The van der Waals surface area contributed by atoms with E-state index in [1.165, 1.54) is 17.3 Å². The number of aromatic nitrogens is 4. The molecule has 0 atom stereocenters. The Morgan fingerprint density at radius 2 is 1.88 bits per heavy atom.